The zero-order valence-electron chi connectivity index (χ0n) is 9.56. The van der Waals surface area contributed by atoms with Crippen LogP contribution < -0.4 is 5.32 Å². The predicted octanol–water partition coefficient (Wildman–Crippen LogP) is -0.887. The van der Waals surface area contributed by atoms with Gasteiger partial charge in [0.15, 0.2) is 0 Å². The third-order valence-corrected chi connectivity index (χ3v) is 1.84. The van der Waals surface area contributed by atoms with Crippen LogP contribution in [-0.2, 0) is 4.74 Å². The molecule has 0 bridgehead atoms. The lowest BCUT2D eigenvalue weighted by atomic mass is 10.5. The van der Waals surface area contributed by atoms with Gasteiger partial charge in [-0.25, -0.2) is 4.98 Å². The summed E-state index contributed by atoms with van der Waals surface area (Å²) in [6.07, 6.45) is 1.29. The van der Waals surface area contributed by atoms with E-state index >= 15 is 0 Å². The second kappa shape index (κ2) is 6.91. The first kappa shape index (κ1) is 12.6. The second-order valence-corrected chi connectivity index (χ2v) is 3.51. The van der Waals surface area contributed by atoms with Gasteiger partial charge in [0.1, 0.15) is 6.33 Å². The molecule has 1 heterocycles. The highest BCUT2D eigenvalue weighted by atomic mass is 16.5. The van der Waals surface area contributed by atoms with E-state index in [9.17, 15) is 4.79 Å². The first-order chi connectivity index (χ1) is 7.70. The van der Waals surface area contributed by atoms with Gasteiger partial charge in [0.2, 0.25) is 5.82 Å². The summed E-state index contributed by atoms with van der Waals surface area (Å²) in [5.41, 5.74) is 0. The largest absolute Gasteiger partial charge is 0.378 e. The van der Waals surface area contributed by atoms with E-state index in [4.69, 9.17) is 4.74 Å². The van der Waals surface area contributed by atoms with Crippen LogP contribution in [0.25, 0.3) is 0 Å². The third kappa shape index (κ3) is 4.85. The summed E-state index contributed by atoms with van der Waals surface area (Å²) in [7, 11) is 3.96. The van der Waals surface area contributed by atoms with Crippen molar-refractivity contribution in [3.05, 3.63) is 12.2 Å². The van der Waals surface area contributed by atoms with Crippen molar-refractivity contribution in [2.75, 3.05) is 40.4 Å². The quantitative estimate of drug-likeness (QED) is 0.591. The lowest BCUT2D eigenvalue weighted by Gasteiger charge is -2.09. The summed E-state index contributed by atoms with van der Waals surface area (Å²) < 4.78 is 5.31. The fourth-order valence-corrected chi connectivity index (χ4v) is 0.985. The van der Waals surface area contributed by atoms with Crippen LogP contribution in [0, 0.1) is 0 Å². The molecule has 0 aromatic carbocycles. The van der Waals surface area contributed by atoms with E-state index in [1.807, 2.05) is 19.0 Å². The number of H-pyrrole nitrogens is 1. The molecule has 0 radical (unpaired) electrons. The van der Waals surface area contributed by atoms with Crippen LogP contribution in [0.1, 0.15) is 10.6 Å². The van der Waals surface area contributed by atoms with Crippen molar-refractivity contribution in [2.45, 2.75) is 0 Å². The molecule has 7 heteroatoms. The molecule has 1 aromatic heterocycles. The minimum atomic E-state index is -0.270. The Morgan fingerprint density at radius 1 is 1.56 bits per heavy atom. The number of carbonyl (C=O) groups is 1. The maximum atomic E-state index is 11.3. The van der Waals surface area contributed by atoms with E-state index < -0.39 is 0 Å². The summed E-state index contributed by atoms with van der Waals surface area (Å²) in [6, 6.07) is 0. The van der Waals surface area contributed by atoms with Crippen LogP contribution in [-0.4, -0.2) is 66.4 Å². The Morgan fingerprint density at radius 3 is 3.00 bits per heavy atom. The molecular weight excluding hydrogens is 210 g/mol. The Labute approximate surface area is 94.2 Å². The third-order valence-electron chi connectivity index (χ3n) is 1.84. The molecule has 1 rings (SSSR count). The Hall–Kier alpha value is -1.47. The van der Waals surface area contributed by atoms with E-state index in [2.05, 4.69) is 20.5 Å². The van der Waals surface area contributed by atoms with Crippen LogP contribution in [0.15, 0.2) is 6.33 Å². The van der Waals surface area contributed by atoms with Crippen molar-refractivity contribution in [1.82, 2.24) is 25.4 Å². The minimum Gasteiger partial charge on any atom is -0.378 e. The van der Waals surface area contributed by atoms with E-state index in [-0.39, 0.29) is 11.7 Å². The summed E-state index contributed by atoms with van der Waals surface area (Å²) in [4.78, 5) is 17.1. The fourth-order valence-electron chi connectivity index (χ4n) is 0.985. The second-order valence-electron chi connectivity index (χ2n) is 3.51. The monoisotopic (exact) mass is 227 g/mol. The van der Waals surface area contributed by atoms with Gasteiger partial charge in [0.25, 0.3) is 5.91 Å². The molecule has 0 saturated heterocycles. The van der Waals surface area contributed by atoms with Gasteiger partial charge in [-0.3, -0.25) is 9.89 Å². The van der Waals surface area contributed by atoms with Crippen LogP contribution >= 0.6 is 0 Å². The molecule has 0 fully saturated rings. The first-order valence-corrected chi connectivity index (χ1v) is 5.06. The highest BCUT2D eigenvalue weighted by Gasteiger charge is 2.06. The van der Waals surface area contributed by atoms with E-state index in [0.717, 1.165) is 6.54 Å². The molecule has 0 saturated carbocycles. The number of ether oxygens (including phenoxy) is 1. The summed E-state index contributed by atoms with van der Waals surface area (Å²) in [5, 5.41) is 8.73. The molecule has 2 N–H and O–H groups in total. The lowest BCUT2D eigenvalue weighted by molar-refractivity contribution is 0.0891. The average Bonchev–Trinajstić information content (AvgIpc) is 2.75. The van der Waals surface area contributed by atoms with Crippen LogP contribution in [0.2, 0.25) is 0 Å². The van der Waals surface area contributed by atoms with Crippen molar-refractivity contribution in [1.29, 1.82) is 0 Å². The molecule has 1 aromatic rings. The van der Waals surface area contributed by atoms with Crippen LogP contribution in [0.5, 0.6) is 0 Å². The maximum Gasteiger partial charge on any atom is 0.288 e. The SMILES string of the molecule is CN(C)CCOCCNC(=O)c1ncn[nH]1. The van der Waals surface area contributed by atoms with E-state index in [0.29, 0.717) is 19.8 Å². The van der Waals surface area contributed by atoms with Crippen LogP contribution in [0.4, 0.5) is 0 Å². The van der Waals surface area contributed by atoms with Gasteiger partial charge in [-0.15, -0.1) is 0 Å². The fraction of sp³-hybridized carbons (Fsp3) is 0.667. The summed E-state index contributed by atoms with van der Waals surface area (Å²) >= 11 is 0. The number of rotatable bonds is 7. The first-order valence-electron chi connectivity index (χ1n) is 5.06. The summed E-state index contributed by atoms with van der Waals surface area (Å²) in [6.45, 7) is 2.49. The van der Waals surface area contributed by atoms with E-state index in [1.165, 1.54) is 6.33 Å². The molecule has 7 nitrogen and oxygen atoms in total. The number of nitrogens with zero attached hydrogens (tertiary/aromatic N) is 3. The Balaban J connectivity index is 2.01. The molecule has 0 aliphatic heterocycles. The molecule has 90 valence electrons. The molecule has 16 heavy (non-hydrogen) atoms. The van der Waals surface area contributed by atoms with Gasteiger partial charge < -0.3 is 15.0 Å². The zero-order chi connectivity index (χ0) is 11.8. The van der Waals surface area contributed by atoms with Gasteiger partial charge >= 0.3 is 0 Å². The Kier molecular flexibility index (Phi) is 5.44. The Morgan fingerprint density at radius 2 is 2.38 bits per heavy atom. The number of nitrogens with one attached hydrogen (secondary N) is 2. The lowest BCUT2D eigenvalue weighted by Crippen LogP contribution is -2.29. The molecule has 0 unspecified atom stereocenters. The number of likely N-dealkylation sites (N-methyl/N-ethyl adjacent to an activating group) is 1. The number of aromatic amines is 1. The van der Waals surface area contributed by atoms with E-state index in [1.54, 1.807) is 0 Å². The molecule has 0 spiro atoms. The maximum absolute atomic E-state index is 11.3. The average molecular weight is 227 g/mol. The number of carbonyl (C=O) groups excluding carboxylic acids is 1. The number of hydrogen-bond donors (Lipinski definition) is 2. The van der Waals surface area contributed by atoms with Gasteiger partial charge in [-0.2, -0.15) is 5.10 Å². The molecule has 0 aliphatic carbocycles. The molecule has 0 atom stereocenters. The van der Waals surface area contributed by atoms with Gasteiger partial charge in [0, 0.05) is 13.1 Å². The Bertz CT molecular complexity index is 299. The zero-order valence-corrected chi connectivity index (χ0v) is 9.56. The van der Waals surface area contributed by atoms with Crippen molar-refractivity contribution >= 4 is 5.91 Å². The number of hydrogen-bond acceptors (Lipinski definition) is 5. The summed E-state index contributed by atoms with van der Waals surface area (Å²) in [5.74, 6) is -0.0537. The van der Waals surface area contributed by atoms with Gasteiger partial charge in [-0.05, 0) is 14.1 Å². The van der Waals surface area contributed by atoms with Crippen molar-refractivity contribution in [3.8, 4) is 0 Å². The topological polar surface area (TPSA) is 83.1 Å². The van der Waals surface area contributed by atoms with Crippen molar-refractivity contribution in [3.63, 3.8) is 0 Å². The van der Waals surface area contributed by atoms with Crippen molar-refractivity contribution < 1.29 is 9.53 Å². The van der Waals surface area contributed by atoms with Gasteiger partial charge in [-0.1, -0.05) is 0 Å². The smallest absolute Gasteiger partial charge is 0.288 e. The molecule has 1 amide bonds. The number of amides is 1. The van der Waals surface area contributed by atoms with Crippen LogP contribution in [0.3, 0.4) is 0 Å². The van der Waals surface area contributed by atoms with Crippen molar-refractivity contribution in [2.24, 2.45) is 0 Å². The standard InChI is InChI=1S/C9H17N5O2/c1-14(2)4-6-16-5-3-10-9(15)8-11-7-12-13-8/h7H,3-6H2,1-2H3,(H,10,15)(H,11,12,13). The van der Waals surface area contributed by atoms with Gasteiger partial charge in [0.05, 0.1) is 13.2 Å². The highest BCUT2D eigenvalue weighted by Crippen LogP contribution is 1.84. The molecular formula is C9H17N5O2. The minimum absolute atomic E-state index is 0.216. The normalized spacial score (nSPS) is 10.7. The number of aromatic nitrogens is 3. The predicted molar refractivity (Wildman–Crippen MR) is 58.1 cm³/mol. The molecule has 0 aliphatic rings. The highest BCUT2D eigenvalue weighted by molar-refractivity contribution is 5.90.